The Balaban J connectivity index is 1.53. The average Bonchev–Trinajstić information content (AvgIpc) is 2.81. The fourth-order valence-corrected chi connectivity index (χ4v) is 6.52. The van der Waals surface area contributed by atoms with E-state index in [1.807, 2.05) is 23.9 Å². The van der Waals surface area contributed by atoms with Gasteiger partial charge in [0.1, 0.15) is 0 Å². The third-order valence-corrected chi connectivity index (χ3v) is 7.45. The molecular weight excluding hydrogens is 368 g/mol. The number of hydrogen-bond donors (Lipinski definition) is 1. The molecule has 1 amide bonds. The molecule has 0 radical (unpaired) electrons. The Morgan fingerprint density at radius 2 is 1.77 bits per heavy atom. The first kappa shape index (κ1) is 19.7. The fraction of sp³-hybridized carbons (Fsp3) is 0.632. The van der Waals surface area contributed by atoms with Crippen molar-refractivity contribution in [3.8, 4) is 0 Å². The topological polar surface area (TPSA) is 66.5 Å². The highest BCUT2D eigenvalue weighted by molar-refractivity contribution is 7.99. The SMILES string of the molecule is CC(C)Sc1ccc(CC(=O)NC2CC3CCC(C2)N3S(C)(=O)=O)cc1. The van der Waals surface area contributed by atoms with Crippen LogP contribution in [0.25, 0.3) is 0 Å². The molecule has 2 atom stereocenters. The molecular formula is C19H28N2O3S2. The Bertz CT molecular complexity index is 733. The molecule has 5 nitrogen and oxygen atoms in total. The van der Waals surface area contributed by atoms with E-state index in [2.05, 4.69) is 31.3 Å². The van der Waals surface area contributed by atoms with Gasteiger partial charge in [0.25, 0.3) is 0 Å². The predicted molar refractivity (Wildman–Crippen MR) is 106 cm³/mol. The zero-order valence-corrected chi connectivity index (χ0v) is 17.3. The van der Waals surface area contributed by atoms with Gasteiger partial charge in [0.15, 0.2) is 0 Å². The summed E-state index contributed by atoms with van der Waals surface area (Å²) in [4.78, 5) is 13.6. The van der Waals surface area contributed by atoms with E-state index in [1.54, 1.807) is 4.31 Å². The van der Waals surface area contributed by atoms with Gasteiger partial charge in [0.2, 0.25) is 15.9 Å². The van der Waals surface area contributed by atoms with Crippen LogP contribution >= 0.6 is 11.8 Å². The summed E-state index contributed by atoms with van der Waals surface area (Å²) in [5, 5.41) is 3.66. The molecule has 0 saturated carbocycles. The summed E-state index contributed by atoms with van der Waals surface area (Å²) in [5.41, 5.74) is 1.01. The molecule has 3 rings (SSSR count). The van der Waals surface area contributed by atoms with Crippen LogP contribution in [0.15, 0.2) is 29.2 Å². The lowest BCUT2D eigenvalue weighted by Crippen LogP contribution is -2.52. The van der Waals surface area contributed by atoms with Gasteiger partial charge < -0.3 is 5.32 Å². The minimum Gasteiger partial charge on any atom is -0.353 e. The standard InChI is InChI=1S/C19H28N2O3S2/c1-13(2)25-18-8-4-14(5-9-18)10-19(22)20-15-11-16-6-7-17(12-15)21(16)26(3,23)24/h4-5,8-9,13,15-17H,6-7,10-12H2,1-3H3,(H,20,22). The second kappa shape index (κ2) is 7.90. The first-order chi connectivity index (χ1) is 12.2. The highest BCUT2D eigenvalue weighted by Gasteiger charge is 2.45. The molecule has 144 valence electrons. The second-order valence-electron chi connectivity index (χ2n) is 7.70. The maximum Gasteiger partial charge on any atom is 0.224 e. The van der Waals surface area contributed by atoms with E-state index in [4.69, 9.17) is 0 Å². The lowest BCUT2D eigenvalue weighted by molar-refractivity contribution is -0.121. The van der Waals surface area contributed by atoms with Gasteiger partial charge in [-0.2, -0.15) is 4.31 Å². The van der Waals surface area contributed by atoms with Crippen molar-refractivity contribution in [2.45, 2.75) is 74.2 Å². The number of amides is 1. The lowest BCUT2D eigenvalue weighted by Gasteiger charge is -2.37. The summed E-state index contributed by atoms with van der Waals surface area (Å²) in [7, 11) is -3.16. The van der Waals surface area contributed by atoms with Crippen molar-refractivity contribution in [3.05, 3.63) is 29.8 Å². The zero-order chi connectivity index (χ0) is 18.9. The number of carbonyl (C=O) groups is 1. The average molecular weight is 397 g/mol. The van der Waals surface area contributed by atoms with Crippen molar-refractivity contribution in [2.24, 2.45) is 0 Å². The van der Waals surface area contributed by atoms with E-state index < -0.39 is 10.0 Å². The van der Waals surface area contributed by atoms with Crippen molar-refractivity contribution in [1.29, 1.82) is 0 Å². The molecule has 2 bridgehead atoms. The maximum atomic E-state index is 12.4. The molecule has 1 aromatic rings. The fourth-order valence-electron chi connectivity index (χ4n) is 4.22. The highest BCUT2D eigenvalue weighted by atomic mass is 32.2. The van der Waals surface area contributed by atoms with Gasteiger partial charge in [0, 0.05) is 28.3 Å². The second-order valence-corrected chi connectivity index (χ2v) is 11.2. The number of fused-ring (bicyclic) bond motifs is 2. The van der Waals surface area contributed by atoms with Crippen molar-refractivity contribution < 1.29 is 13.2 Å². The van der Waals surface area contributed by atoms with Crippen molar-refractivity contribution in [3.63, 3.8) is 0 Å². The molecule has 2 saturated heterocycles. The number of rotatable bonds is 6. The van der Waals surface area contributed by atoms with Crippen LogP contribution in [0.3, 0.4) is 0 Å². The Labute approximate surface area is 161 Å². The number of piperidine rings is 1. The smallest absolute Gasteiger partial charge is 0.224 e. The summed E-state index contributed by atoms with van der Waals surface area (Å²) in [5.74, 6) is 0.0199. The number of carbonyl (C=O) groups excluding carboxylic acids is 1. The van der Waals surface area contributed by atoms with Gasteiger partial charge in [-0.05, 0) is 43.4 Å². The summed E-state index contributed by atoms with van der Waals surface area (Å²) in [6, 6.07) is 8.33. The zero-order valence-electron chi connectivity index (χ0n) is 15.6. The van der Waals surface area contributed by atoms with Crippen LogP contribution in [-0.4, -0.2) is 48.3 Å². The van der Waals surface area contributed by atoms with Gasteiger partial charge in [-0.15, -0.1) is 11.8 Å². The highest BCUT2D eigenvalue weighted by Crippen LogP contribution is 2.37. The van der Waals surface area contributed by atoms with E-state index >= 15 is 0 Å². The molecule has 7 heteroatoms. The number of thioether (sulfide) groups is 1. The Morgan fingerprint density at radius 3 is 2.27 bits per heavy atom. The number of benzene rings is 1. The van der Waals surface area contributed by atoms with Gasteiger partial charge in [-0.1, -0.05) is 26.0 Å². The van der Waals surface area contributed by atoms with Crippen molar-refractivity contribution in [1.82, 2.24) is 9.62 Å². The molecule has 1 aromatic carbocycles. The molecule has 26 heavy (non-hydrogen) atoms. The molecule has 2 aliphatic heterocycles. The molecule has 2 aliphatic rings. The third-order valence-electron chi connectivity index (χ3n) is 5.07. The van der Waals surface area contributed by atoms with E-state index in [9.17, 15) is 13.2 Å². The first-order valence-electron chi connectivity index (χ1n) is 9.26. The van der Waals surface area contributed by atoms with Crippen LogP contribution in [0.2, 0.25) is 0 Å². The lowest BCUT2D eigenvalue weighted by atomic mass is 9.99. The molecule has 0 spiro atoms. The summed E-state index contributed by atoms with van der Waals surface area (Å²) in [6.07, 6.45) is 4.91. The van der Waals surface area contributed by atoms with Crippen molar-refractivity contribution in [2.75, 3.05) is 6.26 Å². The molecule has 2 unspecified atom stereocenters. The van der Waals surface area contributed by atoms with Gasteiger partial charge in [-0.3, -0.25) is 4.79 Å². The van der Waals surface area contributed by atoms with Gasteiger partial charge in [-0.25, -0.2) is 8.42 Å². The number of sulfonamides is 1. The molecule has 0 aromatic heterocycles. The van der Waals surface area contributed by atoms with Crippen LogP contribution in [0.5, 0.6) is 0 Å². The van der Waals surface area contributed by atoms with Crippen LogP contribution in [0.1, 0.15) is 45.1 Å². The Hall–Kier alpha value is -1.05. The Kier molecular flexibility index (Phi) is 5.99. The minimum absolute atomic E-state index is 0.0199. The molecule has 1 N–H and O–H groups in total. The van der Waals surface area contributed by atoms with Crippen LogP contribution < -0.4 is 5.32 Å². The summed E-state index contributed by atoms with van der Waals surface area (Å²) < 4.78 is 25.6. The number of nitrogens with one attached hydrogen (secondary N) is 1. The first-order valence-corrected chi connectivity index (χ1v) is 12.0. The van der Waals surface area contributed by atoms with E-state index in [-0.39, 0.29) is 24.0 Å². The summed E-state index contributed by atoms with van der Waals surface area (Å²) in [6.45, 7) is 4.32. The predicted octanol–water partition coefficient (Wildman–Crippen LogP) is 2.80. The number of nitrogens with zero attached hydrogens (tertiary/aromatic N) is 1. The van der Waals surface area contributed by atoms with Crippen molar-refractivity contribution >= 4 is 27.7 Å². The van der Waals surface area contributed by atoms with Gasteiger partial charge in [0.05, 0.1) is 12.7 Å². The van der Waals surface area contributed by atoms with Crippen LogP contribution in [0.4, 0.5) is 0 Å². The normalized spacial score (nSPS) is 26.2. The molecule has 0 aliphatic carbocycles. The molecule has 2 heterocycles. The molecule has 2 fully saturated rings. The minimum atomic E-state index is -3.16. The largest absolute Gasteiger partial charge is 0.353 e. The number of hydrogen-bond acceptors (Lipinski definition) is 4. The maximum absolute atomic E-state index is 12.4. The van der Waals surface area contributed by atoms with Crippen LogP contribution in [-0.2, 0) is 21.2 Å². The van der Waals surface area contributed by atoms with Gasteiger partial charge >= 0.3 is 0 Å². The van der Waals surface area contributed by atoms with E-state index in [0.717, 1.165) is 31.2 Å². The van der Waals surface area contributed by atoms with E-state index in [0.29, 0.717) is 11.7 Å². The summed E-state index contributed by atoms with van der Waals surface area (Å²) >= 11 is 1.81. The van der Waals surface area contributed by atoms with Crippen LogP contribution in [0, 0.1) is 0 Å². The third kappa shape index (κ3) is 4.81. The monoisotopic (exact) mass is 396 g/mol. The van der Waals surface area contributed by atoms with E-state index in [1.165, 1.54) is 11.2 Å². The Morgan fingerprint density at radius 1 is 1.19 bits per heavy atom. The quantitative estimate of drug-likeness (QED) is 0.751.